The van der Waals surface area contributed by atoms with Crippen molar-refractivity contribution in [2.45, 2.75) is 13.1 Å². The second kappa shape index (κ2) is 4.82. The number of alkyl halides is 3. The largest absolute Gasteiger partial charge is 0.461 e. The van der Waals surface area contributed by atoms with Crippen molar-refractivity contribution in [3.05, 3.63) is 29.1 Å². The first-order valence-corrected chi connectivity index (χ1v) is 4.55. The van der Waals surface area contributed by atoms with Gasteiger partial charge in [0.05, 0.1) is 12.2 Å². The molecule has 0 fully saturated rings. The van der Waals surface area contributed by atoms with Gasteiger partial charge in [-0.05, 0) is 19.1 Å². The van der Waals surface area contributed by atoms with Gasteiger partial charge in [-0.25, -0.2) is 9.78 Å². The summed E-state index contributed by atoms with van der Waals surface area (Å²) in [5, 5.41) is 8.51. The maximum Gasteiger partial charge on any atom is 0.434 e. The van der Waals surface area contributed by atoms with E-state index in [0.717, 1.165) is 12.1 Å². The van der Waals surface area contributed by atoms with Crippen molar-refractivity contribution < 1.29 is 22.7 Å². The van der Waals surface area contributed by atoms with E-state index < -0.39 is 29.1 Å². The SMILES string of the molecule is CCOC(=O)c1ccc(C#N)c(C(F)(F)F)n1. The molecule has 1 heterocycles. The summed E-state index contributed by atoms with van der Waals surface area (Å²) in [6.07, 6.45) is -4.78. The third-order valence-electron chi connectivity index (χ3n) is 1.77. The monoisotopic (exact) mass is 244 g/mol. The van der Waals surface area contributed by atoms with E-state index in [-0.39, 0.29) is 6.61 Å². The molecular weight excluding hydrogens is 237 g/mol. The lowest BCUT2D eigenvalue weighted by atomic mass is 10.2. The Morgan fingerprint density at radius 3 is 2.65 bits per heavy atom. The second-order valence-electron chi connectivity index (χ2n) is 2.92. The molecule has 1 rings (SSSR count). The Hall–Kier alpha value is -2.10. The van der Waals surface area contributed by atoms with Gasteiger partial charge in [-0.2, -0.15) is 18.4 Å². The normalized spacial score (nSPS) is 10.8. The zero-order chi connectivity index (χ0) is 13.1. The van der Waals surface area contributed by atoms with Crippen LogP contribution in [0.4, 0.5) is 13.2 Å². The van der Waals surface area contributed by atoms with Gasteiger partial charge in [0, 0.05) is 0 Å². The van der Waals surface area contributed by atoms with Gasteiger partial charge < -0.3 is 4.74 Å². The molecule has 1 aromatic rings. The summed E-state index contributed by atoms with van der Waals surface area (Å²) in [5.41, 5.74) is -2.49. The van der Waals surface area contributed by atoms with E-state index >= 15 is 0 Å². The van der Waals surface area contributed by atoms with Crippen LogP contribution in [0.3, 0.4) is 0 Å². The quantitative estimate of drug-likeness (QED) is 0.748. The van der Waals surface area contributed by atoms with Crippen LogP contribution in [0.5, 0.6) is 0 Å². The molecule has 4 nitrogen and oxygen atoms in total. The highest BCUT2D eigenvalue weighted by Gasteiger charge is 2.36. The predicted octanol–water partition coefficient (Wildman–Crippen LogP) is 2.15. The van der Waals surface area contributed by atoms with Gasteiger partial charge in [-0.3, -0.25) is 0 Å². The molecule has 0 saturated heterocycles. The topological polar surface area (TPSA) is 63.0 Å². The number of nitrogens with zero attached hydrogens (tertiary/aromatic N) is 2. The first-order valence-electron chi connectivity index (χ1n) is 4.55. The molecule has 0 radical (unpaired) electrons. The predicted molar refractivity (Wildman–Crippen MR) is 49.9 cm³/mol. The number of carbonyl (C=O) groups excluding carboxylic acids is 1. The fraction of sp³-hybridized carbons (Fsp3) is 0.300. The van der Waals surface area contributed by atoms with Gasteiger partial charge in [-0.15, -0.1) is 0 Å². The molecule has 0 saturated carbocycles. The minimum Gasteiger partial charge on any atom is -0.461 e. The van der Waals surface area contributed by atoms with Crippen molar-refractivity contribution in [1.29, 1.82) is 5.26 Å². The Morgan fingerprint density at radius 2 is 2.18 bits per heavy atom. The maximum absolute atomic E-state index is 12.5. The summed E-state index contributed by atoms with van der Waals surface area (Å²) in [7, 11) is 0. The number of pyridine rings is 1. The van der Waals surface area contributed by atoms with Crippen LogP contribution in [-0.2, 0) is 10.9 Å². The molecule has 0 atom stereocenters. The Labute approximate surface area is 94.6 Å². The minimum atomic E-state index is -4.78. The van der Waals surface area contributed by atoms with Crippen molar-refractivity contribution in [3.8, 4) is 6.07 Å². The second-order valence-corrected chi connectivity index (χ2v) is 2.92. The van der Waals surface area contributed by atoms with E-state index in [9.17, 15) is 18.0 Å². The number of ether oxygens (including phenoxy) is 1. The zero-order valence-electron chi connectivity index (χ0n) is 8.71. The van der Waals surface area contributed by atoms with Gasteiger partial charge in [0.25, 0.3) is 0 Å². The Morgan fingerprint density at radius 1 is 1.53 bits per heavy atom. The summed E-state index contributed by atoms with van der Waals surface area (Å²) in [4.78, 5) is 14.3. The number of hydrogen-bond donors (Lipinski definition) is 0. The molecule has 0 amide bonds. The van der Waals surface area contributed by atoms with Crippen LogP contribution in [-0.4, -0.2) is 17.6 Å². The zero-order valence-corrected chi connectivity index (χ0v) is 8.71. The highest BCUT2D eigenvalue weighted by molar-refractivity contribution is 5.87. The summed E-state index contributed by atoms with van der Waals surface area (Å²) in [5.74, 6) is -0.956. The highest BCUT2D eigenvalue weighted by atomic mass is 19.4. The number of rotatable bonds is 2. The molecule has 17 heavy (non-hydrogen) atoms. The average Bonchev–Trinajstić information content (AvgIpc) is 2.27. The lowest BCUT2D eigenvalue weighted by molar-refractivity contribution is -0.141. The van der Waals surface area contributed by atoms with Crippen LogP contribution in [0.15, 0.2) is 12.1 Å². The summed E-state index contributed by atoms with van der Waals surface area (Å²) in [6, 6.07) is 3.28. The maximum atomic E-state index is 12.5. The van der Waals surface area contributed by atoms with Crippen molar-refractivity contribution in [2.24, 2.45) is 0 Å². The molecule has 0 aromatic carbocycles. The highest BCUT2D eigenvalue weighted by Crippen LogP contribution is 2.30. The lowest BCUT2D eigenvalue weighted by Crippen LogP contribution is -2.15. The molecule has 0 unspecified atom stereocenters. The van der Waals surface area contributed by atoms with Crippen LogP contribution >= 0.6 is 0 Å². The van der Waals surface area contributed by atoms with Crippen LogP contribution in [0.2, 0.25) is 0 Å². The first kappa shape index (κ1) is 13.0. The fourth-order valence-electron chi connectivity index (χ4n) is 1.08. The van der Waals surface area contributed by atoms with Gasteiger partial charge in [0.1, 0.15) is 11.8 Å². The average molecular weight is 244 g/mol. The first-order chi connectivity index (χ1) is 7.90. The van der Waals surface area contributed by atoms with Crippen LogP contribution < -0.4 is 0 Å². The number of halogens is 3. The number of carbonyl (C=O) groups is 1. The van der Waals surface area contributed by atoms with Crippen LogP contribution in [0.25, 0.3) is 0 Å². The van der Waals surface area contributed by atoms with Gasteiger partial charge in [0.15, 0.2) is 5.69 Å². The van der Waals surface area contributed by atoms with E-state index in [2.05, 4.69) is 9.72 Å². The van der Waals surface area contributed by atoms with E-state index in [4.69, 9.17) is 5.26 Å². The van der Waals surface area contributed by atoms with E-state index in [1.54, 1.807) is 0 Å². The molecule has 7 heteroatoms. The lowest BCUT2D eigenvalue weighted by Gasteiger charge is -2.08. The molecule has 0 N–H and O–H groups in total. The van der Waals surface area contributed by atoms with Gasteiger partial charge in [0.2, 0.25) is 0 Å². The number of hydrogen-bond acceptors (Lipinski definition) is 4. The van der Waals surface area contributed by atoms with Gasteiger partial charge >= 0.3 is 12.1 Å². The third kappa shape index (κ3) is 2.93. The van der Waals surface area contributed by atoms with Crippen molar-refractivity contribution in [2.75, 3.05) is 6.61 Å². The van der Waals surface area contributed by atoms with E-state index in [1.165, 1.54) is 13.0 Å². The third-order valence-corrected chi connectivity index (χ3v) is 1.77. The van der Waals surface area contributed by atoms with Gasteiger partial charge in [-0.1, -0.05) is 0 Å². The van der Waals surface area contributed by atoms with Crippen molar-refractivity contribution >= 4 is 5.97 Å². The standard InChI is InChI=1S/C10H7F3N2O2/c1-2-17-9(16)7-4-3-6(5-14)8(15-7)10(11,12)13/h3-4H,2H2,1H3. The molecule has 0 aliphatic heterocycles. The molecule has 0 aliphatic carbocycles. The molecule has 0 spiro atoms. The Balaban J connectivity index is 3.24. The van der Waals surface area contributed by atoms with Crippen molar-refractivity contribution in [1.82, 2.24) is 4.98 Å². The molecule has 1 aromatic heterocycles. The summed E-state index contributed by atoms with van der Waals surface area (Å²) in [6.45, 7) is 1.55. The van der Waals surface area contributed by atoms with Crippen molar-refractivity contribution in [3.63, 3.8) is 0 Å². The Bertz CT molecular complexity index is 477. The Kier molecular flexibility index (Phi) is 3.68. The molecular formula is C10H7F3N2O2. The smallest absolute Gasteiger partial charge is 0.434 e. The van der Waals surface area contributed by atoms with Crippen LogP contribution in [0, 0.1) is 11.3 Å². The van der Waals surface area contributed by atoms with E-state index in [0.29, 0.717) is 0 Å². The fourth-order valence-corrected chi connectivity index (χ4v) is 1.08. The number of nitriles is 1. The summed E-state index contributed by atoms with van der Waals surface area (Å²) < 4.78 is 42.0. The van der Waals surface area contributed by atoms with Crippen LogP contribution in [0.1, 0.15) is 28.7 Å². The summed E-state index contributed by atoms with van der Waals surface area (Å²) >= 11 is 0. The molecule has 0 aliphatic rings. The molecule has 90 valence electrons. The molecule has 0 bridgehead atoms. The number of aromatic nitrogens is 1. The number of esters is 1. The van der Waals surface area contributed by atoms with E-state index in [1.807, 2.05) is 0 Å². The minimum absolute atomic E-state index is 0.0296.